The Morgan fingerprint density at radius 2 is 1.81 bits per heavy atom. The Kier molecular flexibility index (Phi) is 6.14. The quantitative estimate of drug-likeness (QED) is 0.525. The molecular formula is C18H22FN3O5. The third-order valence-corrected chi connectivity index (χ3v) is 4.04. The molecule has 1 aromatic rings. The van der Waals surface area contributed by atoms with Gasteiger partial charge < -0.3 is 9.64 Å². The van der Waals surface area contributed by atoms with Gasteiger partial charge in [-0.2, -0.15) is 0 Å². The molecule has 2 rings (SSSR count). The van der Waals surface area contributed by atoms with E-state index in [0.29, 0.717) is 10.5 Å². The molecule has 0 unspecified atom stereocenters. The topological polar surface area (TPSA) is 87.2 Å². The normalized spacial score (nSPS) is 14.4. The number of benzene rings is 1. The molecule has 0 atom stereocenters. The molecule has 0 aromatic heterocycles. The summed E-state index contributed by atoms with van der Waals surface area (Å²) in [5, 5.41) is 0. The van der Waals surface area contributed by atoms with Gasteiger partial charge in [0.25, 0.3) is 0 Å². The highest BCUT2D eigenvalue weighted by molar-refractivity contribution is 6.45. The predicted octanol–water partition coefficient (Wildman–Crippen LogP) is 1.24. The van der Waals surface area contributed by atoms with Gasteiger partial charge in [-0.3, -0.25) is 19.3 Å². The highest BCUT2D eigenvalue weighted by Gasteiger charge is 2.45. The predicted molar refractivity (Wildman–Crippen MR) is 93.1 cm³/mol. The van der Waals surface area contributed by atoms with Crippen LogP contribution in [0.4, 0.5) is 9.18 Å². The minimum Gasteiger partial charge on any atom is -0.494 e. The van der Waals surface area contributed by atoms with E-state index in [1.165, 1.54) is 31.2 Å². The number of rotatable bonds is 7. The first-order chi connectivity index (χ1) is 12.6. The molecule has 8 nitrogen and oxygen atoms in total. The minimum absolute atomic E-state index is 0.00556. The summed E-state index contributed by atoms with van der Waals surface area (Å²) in [6.45, 7) is 3.24. The van der Waals surface area contributed by atoms with Gasteiger partial charge in [0.05, 0.1) is 7.11 Å². The third-order valence-electron chi connectivity index (χ3n) is 4.04. The average molecular weight is 379 g/mol. The summed E-state index contributed by atoms with van der Waals surface area (Å²) >= 11 is 0. The van der Waals surface area contributed by atoms with Crippen molar-refractivity contribution in [2.24, 2.45) is 5.92 Å². The van der Waals surface area contributed by atoms with Gasteiger partial charge in [0.2, 0.25) is 5.91 Å². The maximum atomic E-state index is 13.8. The lowest BCUT2D eigenvalue weighted by molar-refractivity contribution is -0.144. The van der Waals surface area contributed by atoms with Gasteiger partial charge in [-0.1, -0.05) is 19.9 Å². The number of likely N-dealkylation sites (N-methyl/N-ethyl adjacent to an activating group) is 1. The van der Waals surface area contributed by atoms with Crippen LogP contribution >= 0.6 is 0 Å². The van der Waals surface area contributed by atoms with E-state index in [-0.39, 0.29) is 24.8 Å². The van der Waals surface area contributed by atoms with Crippen LogP contribution in [-0.2, 0) is 20.9 Å². The van der Waals surface area contributed by atoms with E-state index in [0.717, 1.165) is 4.90 Å². The molecule has 27 heavy (non-hydrogen) atoms. The van der Waals surface area contributed by atoms with Gasteiger partial charge >= 0.3 is 17.8 Å². The lowest BCUT2D eigenvalue weighted by Crippen LogP contribution is -2.42. The summed E-state index contributed by atoms with van der Waals surface area (Å²) in [4.78, 5) is 51.3. The van der Waals surface area contributed by atoms with E-state index in [9.17, 15) is 23.6 Å². The van der Waals surface area contributed by atoms with Crippen molar-refractivity contribution in [2.75, 3.05) is 27.2 Å². The Bertz CT molecular complexity index is 780. The summed E-state index contributed by atoms with van der Waals surface area (Å²) in [5.41, 5.74) is 0.515. The number of hydrogen-bond donors (Lipinski definition) is 0. The lowest BCUT2D eigenvalue weighted by Gasteiger charge is -2.21. The Labute approximate surface area is 156 Å². The Morgan fingerprint density at radius 1 is 1.19 bits per heavy atom. The highest BCUT2D eigenvalue weighted by atomic mass is 19.1. The Morgan fingerprint density at radius 3 is 2.37 bits per heavy atom. The van der Waals surface area contributed by atoms with Crippen molar-refractivity contribution >= 4 is 23.8 Å². The summed E-state index contributed by atoms with van der Waals surface area (Å²) < 4.78 is 18.6. The smallest absolute Gasteiger partial charge is 0.334 e. The zero-order valence-electron chi connectivity index (χ0n) is 15.7. The van der Waals surface area contributed by atoms with Gasteiger partial charge in [0.15, 0.2) is 11.6 Å². The van der Waals surface area contributed by atoms with Gasteiger partial charge in [0, 0.05) is 20.1 Å². The first kappa shape index (κ1) is 20.3. The fraction of sp³-hybridized carbons (Fsp3) is 0.444. The first-order valence-corrected chi connectivity index (χ1v) is 8.39. The number of nitrogens with zero attached hydrogens (tertiary/aromatic N) is 3. The number of ether oxygens (including phenoxy) is 1. The molecule has 1 saturated heterocycles. The molecular weight excluding hydrogens is 357 g/mol. The average Bonchev–Trinajstić information content (AvgIpc) is 2.79. The van der Waals surface area contributed by atoms with Crippen molar-refractivity contribution in [3.05, 3.63) is 29.6 Å². The molecule has 1 aliphatic rings. The van der Waals surface area contributed by atoms with Crippen LogP contribution in [0.2, 0.25) is 0 Å². The molecule has 0 radical (unpaired) electrons. The number of imide groups is 2. The van der Waals surface area contributed by atoms with Gasteiger partial charge in [-0.05, 0) is 23.6 Å². The fourth-order valence-electron chi connectivity index (χ4n) is 2.64. The molecule has 1 aromatic carbocycles. The highest BCUT2D eigenvalue weighted by Crippen LogP contribution is 2.19. The number of carbonyl (C=O) groups excluding carboxylic acids is 4. The van der Waals surface area contributed by atoms with Crippen molar-refractivity contribution in [1.29, 1.82) is 0 Å². The van der Waals surface area contributed by atoms with Crippen LogP contribution in [0.15, 0.2) is 18.2 Å². The summed E-state index contributed by atoms with van der Waals surface area (Å²) in [6.07, 6.45) is 0. The fourth-order valence-corrected chi connectivity index (χ4v) is 2.64. The van der Waals surface area contributed by atoms with E-state index in [1.54, 1.807) is 19.9 Å². The lowest BCUT2D eigenvalue weighted by atomic mass is 10.2. The largest absolute Gasteiger partial charge is 0.494 e. The van der Waals surface area contributed by atoms with Crippen LogP contribution in [0.1, 0.15) is 19.4 Å². The third kappa shape index (κ3) is 4.42. The molecule has 9 heteroatoms. The van der Waals surface area contributed by atoms with E-state index in [4.69, 9.17) is 4.74 Å². The van der Waals surface area contributed by atoms with E-state index in [1.807, 2.05) is 0 Å². The number of halogens is 1. The zero-order valence-corrected chi connectivity index (χ0v) is 15.7. The second-order valence-electron chi connectivity index (χ2n) is 6.70. The van der Waals surface area contributed by atoms with Crippen LogP contribution in [0, 0.1) is 11.7 Å². The van der Waals surface area contributed by atoms with Crippen molar-refractivity contribution in [3.8, 4) is 5.75 Å². The number of amides is 5. The molecule has 0 bridgehead atoms. The number of urea groups is 1. The van der Waals surface area contributed by atoms with E-state index < -0.39 is 36.1 Å². The molecule has 0 spiro atoms. The monoisotopic (exact) mass is 379 g/mol. The van der Waals surface area contributed by atoms with Crippen LogP contribution in [0.5, 0.6) is 5.75 Å². The van der Waals surface area contributed by atoms with Crippen molar-refractivity contribution < 1.29 is 28.3 Å². The molecule has 146 valence electrons. The molecule has 1 fully saturated rings. The van der Waals surface area contributed by atoms with Crippen molar-refractivity contribution in [2.45, 2.75) is 20.4 Å². The molecule has 0 N–H and O–H groups in total. The van der Waals surface area contributed by atoms with E-state index >= 15 is 0 Å². The SMILES string of the molecule is COc1ccc(CN(C)C(=O)CN2C(=O)C(=O)N(CC(C)C)C2=O)cc1F. The number of carbonyl (C=O) groups is 4. The molecule has 0 aliphatic carbocycles. The van der Waals surface area contributed by atoms with Crippen LogP contribution in [0.3, 0.4) is 0 Å². The molecule has 1 heterocycles. The number of methoxy groups -OCH3 is 1. The standard InChI is InChI=1S/C18H22FN3O5/c1-11(2)8-21-16(24)17(25)22(18(21)26)10-15(23)20(3)9-12-5-6-14(27-4)13(19)7-12/h5-7,11H,8-10H2,1-4H3. The maximum Gasteiger partial charge on any atom is 0.334 e. The Hall–Kier alpha value is -2.97. The van der Waals surface area contributed by atoms with Crippen LogP contribution in [-0.4, -0.2) is 65.7 Å². The van der Waals surface area contributed by atoms with Gasteiger partial charge in [-0.15, -0.1) is 0 Å². The molecule has 5 amide bonds. The van der Waals surface area contributed by atoms with Crippen molar-refractivity contribution in [1.82, 2.24) is 14.7 Å². The van der Waals surface area contributed by atoms with E-state index in [2.05, 4.69) is 0 Å². The van der Waals surface area contributed by atoms with Crippen molar-refractivity contribution in [3.63, 3.8) is 0 Å². The Balaban J connectivity index is 2.03. The molecule has 0 saturated carbocycles. The second kappa shape index (κ2) is 8.15. The minimum atomic E-state index is -1.02. The first-order valence-electron chi connectivity index (χ1n) is 8.39. The number of hydrogen-bond acceptors (Lipinski definition) is 5. The summed E-state index contributed by atoms with van der Waals surface area (Å²) in [6, 6.07) is 3.49. The molecule has 1 aliphatic heterocycles. The van der Waals surface area contributed by atoms with Gasteiger partial charge in [0.1, 0.15) is 6.54 Å². The van der Waals surface area contributed by atoms with Crippen LogP contribution < -0.4 is 4.74 Å². The zero-order chi connectivity index (χ0) is 20.3. The van der Waals surface area contributed by atoms with Gasteiger partial charge in [-0.25, -0.2) is 14.1 Å². The second-order valence-corrected chi connectivity index (χ2v) is 6.70. The summed E-state index contributed by atoms with van der Waals surface area (Å²) in [7, 11) is 2.81. The van der Waals surface area contributed by atoms with Crippen LogP contribution in [0.25, 0.3) is 0 Å². The maximum absolute atomic E-state index is 13.8. The summed E-state index contributed by atoms with van der Waals surface area (Å²) in [5.74, 6) is -2.97.